The molecule has 1 aliphatic rings. The highest BCUT2D eigenvalue weighted by atomic mass is 16.5. The van der Waals surface area contributed by atoms with Crippen LogP contribution in [0.5, 0.6) is 0 Å². The Morgan fingerprint density at radius 2 is 2.00 bits per heavy atom. The van der Waals surface area contributed by atoms with Gasteiger partial charge in [-0.2, -0.15) is 0 Å². The number of carbonyl (C=O) groups is 2. The van der Waals surface area contributed by atoms with Crippen molar-refractivity contribution in [2.75, 3.05) is 38.6 Å². The number of hydrogen-bond acceptors (Lipinski definition) is 4. The average Bonchev–Trinajstić information content (AvgIpc) is 2.69. The molecule has 7 heteroatoms. The number of aliphatic imine (C=N–C) groups is 1. The van der Waals surface area contributed by atoms with Crippen LogP contribution in [0.4, 0.5) is 5.69 Å². The third-order valence-electron chi connectivity index (χ3n) is 4.65. The SMILES string of the molecule is CCOC(=O)C1CCN(C(=NC)NCC(=O)Nc2cccc(CC)c2)CC1. The van der Waals surface area contributed by atoms with Crippen LogP contribution in [0.25, 0.3) is 0 Å². The number of rotatable bonds is 6. The lowest BCUT2D eigenvalue weighted by atomic mass is 9.97. The second-order valence-corrected chi connectivity index (χ2v) is 6.52. The maximum absolute atomic E-state index is 12.2. The summed E-state index contributed by atoms with van der Waals surface area (Å²) in [6.07, 6.45) is 2.39. The van der Waals surface area contributed by atoms with Gasteiger partial charge < -0.3 is 20.3 Å². The molecule has 0 spiro atoms. The smallest absolute Gasteiger partial charge is 0.309 e. The minimum Gasteiger partial charge on any atom is -0.466 e. The van der Waals surface area contributed by atoms with Gasteiger partial charge in [-0.25, -0.2) is 0 Å². The number of nitrogens with one attached hydrogen (secondary N) is 2. The van der Waals surface area contributed by atoms with E-state index in [1.807, 2.05) is 31.2 Å². The number of guanidine groups is 1. The van der Waals surface area contributed by atoms with Gasteiger partial charge in [-0.05, 0) is 43.9 Å². The average molecular weight is 374 g/mol. The number of aryl methyl sites for hydroxylation is 1. The normalized spacial score (nSPS) is 15.4. The number of amides is 1. The molecule has 148 valence electrons. The summed E-state index contributed by atoms with van der Waals surface area (Å²) in [5, 5.41) is 6.00. The zero-order valence-electron chi connectivity index (χ0n) is 16.5. The molecule has 0 unspecified atom stereocenters. The predicted molar refractivity (Wildman–Crippen MR) is 107 cm³/mol. The number of piperidine rings is 1. The molecular weight excluding hydrogens is 344 g/mol. The first-order chi connectivity index (χ1) is 13.1. The molecule has 1 heterocycles. The Hall–Kier alpha value is -2.57. The quantitative estimate of drug-likeness (QED) is 0.452. The fraction of sp³-hybridized carbons (Fsp3) is 0.550. The molecule has 27 heavy (non-hydrogen) atoms. The van der Waals surface area contributed by atoms with E-state index in [1.165, 1.54) is 5.56 Å². The van der Waals surface area contributed by atoms with Crippen LogP contribution in [0, 0.1) is 5.92 Å². The van der Waals surface area contributed by atoms with Gasteiger partial charge in [0, 0.05) is 25.8 Å². The Morgan fingerprint density at radius 3 is 2.63 bits per heavy atom. The summed E-state index contributed by atoms with van der Waals surface area (Å²) in [4.78, 5) is 30.4. The van der Waals surface area contributed by atoms with Crippen LogP contribution in [0.15, 0.2) is 29.3 Å². The van der Waals surface area contributed by atoms with Crippen LogP contribution in [0.2, 0.25) is 0 Å². The lowest BCUT2D eigenvalue weighted by molar-refractivity contribution is -0.149. The molecule has 1 aromatic rings. The monoisotopic (exact) mass is 374 g/mol. The molecule has 1 amide bonds. The minimum atomic E-state index is -0.120. The largest absolute Gasteiger partial charge is 0.466 e. The van der Waals surface area contributed by atoms with Crippen molar-refractivity contribution in [3.8, 4) is 0 Å². The Morgan fingerprint density at radius 1 is 1.26 bits per heavy atom. The van der Waals surface area contributed by atoms with E-state index >= 15 is 0 Å². The van der Waals surface area contributed by atoms with Crippen molar-refractivity contribution in [3.63, 3.8) is 0 Å². The summed E-state index contributed by atoms with van der Waals surface area (Å²) in [5.74, 6) is 0.391. The number of esters is 1. The molecule has 0 aromatic heterocycles. The van der Waals surface area contributed by atoms with E-state index in [2.05, 4.69) is 27.4 Å². The summed E-state index contributed by atoms with van der Waals surface area (Å²) in [6, 6.07) is 7.84. The standard InChI is InChI=1S/C20H30N4O3/c1-4-15-7-6-8-17(13-15)23-18(25)14-22-20(21-3)24-11-9-16(10-12-24)19(26)27-5-2/h6-8,13,16H,4-5,9-12,14H2,1-3H3,(H,21,22)(H,23,25). The topological polar surface area (TPSA) is 83.0 Å². The molecule has 0 atom stereocenters. The number of anilines is 1. The van der Waals surface area contributed by atoms with E-state index in [9.17, 15) is 9.59 Å². The Labute approximate surface area is 161 Å². The molecule has 7 nitrogen and oxygen atoms in total. The number of carbonyl (C=O) groups excluding carboxylic acids is 2. The van der Waals surface area contributed by atoms with Crippen molar-refractivity contribution in [2.24, 2.45) is 10.9 Å². The van der Waals surface area contributed by atoms with Gasteiger partial charge in [0.25, 0.3) is 0 Å². The third kappa shape index (κ3) is 6.27. The number of benzene rings is 1. The van der Waals surface area contributed by atoms with E-state index in [-0.39, 0.29) is 24.3 Å². The molecule has 1 fully saturated rings. The second-order valence-electron chi connectivity index (χ2n) is 6.52. The van der Waals surface area contributed by atoms with E-state index < -0.39 is 0 Å². The highest BCUT2D eigenvalue weighted by Gasteiger charge is 2.27. The van der Waals surface area contributed by atoms with Crippen LogP contribution < -0.4 is 10.6 Å². The van der Waals surface area contributed by atoms with E-state index in [0.29, 0.717) is 25.7 Å². The first kappa shape index (κ1) is 20.7. The van der Waals surface area contributed by atoms with Gasteiger partial charge in [0.05, 0.1) is 19.1 Å². The molecule has 0 aliphatic carbocycles. The van der Waals surface area contributed by atoms with Crippen molar-refractivity contribution < 1.29 is 14.3 Å². The number of likely N-dealkylation sites (tertiary alicyclic amines) is 1. The molecule has 0 radical (unpaired) electrons. The van der Waals surface area contributed by atoms with E-state index in [4.69, 9.17) is 4.74 Å². The highest BCUT2D eigenvalue weighted by Crippen LogP contribution is 2.18. The molecule has 1 aliphatic heterocycles. The Kier molecular flexibility index (Phi) is 8.10. The zero-order chi connectivity index (χ0) is 19.6. The fourth-order valence-electron chi connectivity index (χ4n) is 3.15. The van der Waals surface area contributed by atoms with E-state index in [1.54, 1.807) is 7.05 Å². The van der Waals surface area contributed by atoms with Gasteiger partial charge in [-0.1, -0.05) is 19.1 Å². The Bertz CT molecular complexity index is 667. The molecule has 0 bridgehead atoms. The van der Waals surface area contributed by atoms with Crippen molar-refractivity contribution in [3.05, 3.63) is 29.8 Å². The highest BCUT2D eigenvalue weighted by molar-refractivity contribution is 5.95. The first-order valence-electron chi connectivity index (χ1n) is 9.58. The van der Waals surface area contributed by atoms with Crippen LogP contribution in [-0.2, 0) is 20.7 Å². The van der Waals surface area contributed by atoms with Crippen LogP contribution in [0.3, 0.4) is 0 Å². The van der Waals surface area contributed by atoms with Crippen molar-refractivity contribution in [2.45, 2.75) is 33.1 Å². The predicted octanol–water partition coefficient (Wildman–Crippen LogP) is 2.04. The second kappa shape index (κ2) is 10.5. The minimum absolute atomic E-state index is 0.0477. The maximum Gasteiger partial charge on any atom is 0.309 e. The Balaban J connectivity index is 1.80. The molecule has 2 N–H and O–H groups in total. The van der Waals surface area contributed by atoms with Crippen LogP contribution >= 0.6 is 0 Å². The summed E-state index contributed by atoms with van der Waals surface area (Å²) < 4.78 is 5.10. The van der Waals surface area contributed by atoms with E-state index in [0.717, 1.165) is 24.9 Å². The third-order valence-corrected chi connectivity index (χ3v) is 4.65. The summed E-state index contributed by atoms with van der Waals surface area (Å²) >= 11 is 0. The van der Waals surface area contributed by atoms with Gasteiger partial charge in [0.2, 0.25) is 5.91 Å². The number of nitrogens with zero attached hydrogens (tertiary/aromatic N) is 2. The molecule has 2 rings (SSSR count). The van der Waals surface area contributed by atoms with Gasteiger partial charge in [0.1, 0.15) is 0 Å². The van der Waals surface area contributed by atoms with Crippen molar-refractivity contribution in [1.82, 2.24) is 10.2 Å². The molecule has 0 saturated carbocycles. The fourth-order valence-corrected chi connectivity index (χ4v) is 3.15. The van der Waals surface area contributed by atoms with Gasteiger partial charge in [0.15, 0.2) is 5.96 Å². The summed E-state index contributed by atoms with van der Waals surface area (Å²) in [7, 11) is 1.70. The van der Waals surface area contributed by atoms with Crippen molar-refractivity contribution >= 4 is 23.5 Å². The lowest BCUT2D eigenvalue weighted by Crippen LogP contribution is -2.48. The summed E-state index contributed by atoms with van der Waals surface area (Å²) in [5.41, 5.74) is 1.98. The summed E-state index contributed by atoms with van der Waals surface area (Å²) in [6.45, 7) is 5.88. The van der Waals surface area contributed by atoms with Crippen molar-refractivity contribution in [1.29, 1.82) is 0 Å². The number of hydrogen-bond donors (Lipinski definition) is 2. The lowest BCUT2D eigenvalue weighted by Gasteiger charge is -2.33. The van der Waals surface area contributed by atoms with Gasteiger partial charge >= 0.3 is 5.97 Å². The number of ether oxygens (including phenoxy) is 1. The molecule has 1 saturated heterocycles. The first-order valence-corrected chi connectivity index (χ1v) is 9.58. The zero-order valence-corrected chi connectivity index (χ0v) is 16.5. The molecular formula is C20H30N4O3. The molecule has 1 aromatic carbocycles. The van der Waals surface area contributed by atoms with Gasteiger partial charge in [-0.3, -0.25) is 14.6 Å². The van der Waals surface area contributed by atoms with Gasteiger partial charge in [-0.15, -0.1) is 0 Å². The van der Waals surface area contributed by atoms with Crippen LogP contribution in [0.1, 0.15) is 32.3 Å². The van der Waals surface area contributed by atoms with Crippen LogP contribution in [-0.4, -0.2) is 56.0 Å². The maximum atomic E-state index is 12.2.